The minimum absolute atomic E-state index is 0.0491. The lowest BCUT2D eigenvalue weighted by molar-refractivity contribution is -0.139. The molecular weight excluding hydrogens is 736 g/mol. The maximum Gasteiger partial charge on any atom is 0.408 e. The zero-order chi connectivity index (χ0) is 38.8. The van der Waals surface area contributed by atoms with Crippen molar-refractivity contribution in [3.8, 4) is 0 Å². The molecule has 21 nitrogen and oxygen atoms in total. The van der Waals surface area contributed by atoms with Crippen LogP contribution in [0.2, 0.25) is 0 Å². The molecule has 0 aromatic heterocycles. The van der Waals surface area contributed by atoms with Crippen molar-refractivity contribution in [3.63, 3.8) is 0 Å². The maximum absolute atomic E-state index is 11.9. The van der Waals surface area contributed by atoms with Crippen molar-refractivity contribution in [2.75, 3.05) is 84.4 Å². The van der Waals surface area contributed by atoms with Crippen LogP contribution in [0.4, 0.5) is 28.8 Å². The lowest BCUT2D eigenvalue weighted by Gasteiger charge is -2.13. The van der Waals surface area contributed by atoms with Crippen molar-refractivity contribution in [2.24, 2.45) is 5.92 Å². The van der Waals surface area contributed by atoms with E-state index in [1.54, 1.807) is 0 Å². The van der Waals surface area contributed by atoms with Gasteiger partial charge < -0.3 is 65.1 Å². The van der Waals surface area contributed by atoms with Gasteiger partial charge in [0.2, 0.25) is 0 Å². The van der Waals surface area contributed by atoms with E-state index < -0.39 is 46.8 Å². The summed E-state index contributed by atoms with van der Waals surface area (Å²) in [7, 11) is 0. The van der Waals surface area contributed by atoms with E-state index in [9.17, 15) is 38.4 Å². The molecule has 6 N–H and O–H groups in total. The van der Waals surface area contributed by atoms with Crippen LogP contribution in [-0.2, 0) is 42.7 Å². The van der Waals surface area contributed by atoms with Crippen LogP contribution in [0.15, 0.2) is 25.3 Å². The maximum atomic E-state index is 11.9. The molecule has 0 rings (SSSR count). The third-order valence-electron chi connectivity index (χ3n) is 5.46. The van der Waals surface area contributed by atoms with E-state index in [4.69, 9.17) is 23.7 Å². The molecule has 0 heterocycles. The number of esters is 2. The average Bonchev–Trinajstić information content (AvgIpc) is 3.11. The third kappa shape index (κ3) is 31.1. The van der Waals surface area contributed by atoms with Crippen molar-refractivity contribution in [2.45, 2.75) is 19.8 Å². The highest BCUT2D eigenvalue weighted by Crippen LogP contribution is 2.08. The summed E-state index contributed by atoms with van der Waals surface area (Å²) >= 11 is 1.88. The van der Waals surface area contributed by atoms with E-state index >= 15 is 0 Å². The van der Waals surface area contributed by atoms with Crippen molar-refractivity contribution >= 4 is 70.3 Å². The molecule has 52 heavy (non-hydrogen) atoms. The quantitative estimate of drug-likeness (QED) is 0.0239. The van der Waals surface area contributed by atoms with Crippen molar-refractivity contribution < 1.29 is 71.5 Å². The minimum atomic E-state index is -0.829. The first-order chi connectivity index (χ1) is 25.0. The molecule has 0 saturated heterocycles. The predicted octanol–water partition coefficient (Wildman–Crippen LogP) is 1.54. The topological polar surface area (TPSA) is 273 Å². The standard InChI is InChI=1S/C29H46N6O15S2/c1-4-22(36)45-10-12-49-26(40)31-18-30-24(38)47-8-6-21(3)7-9-48-25(39)32-19-34-28(42)51-16-14-44-15-17-52-29(43)35-20-33-27(41)50-13-11-46-23(37)5-2/h4-5,21H,1-2,6-20H2,3H3,(H,30,38)(H,31,40)(H,32,39)(H,33,41)(H,34,42)(H,35,43). The Bertz CT molecular complexity index is 1160. The van der Waals surface area contributed by atoms with Crippen LogP contribution < -0.4 is 31.9 Å². The Kier molecular flexibility index (Phi) is 29.0. The number of hydrogen-bond acceptors (Lipinski definition) is 17. The van der Waals surface area contributed by atoms with Gasteiger partial charge in [0.05, 0.1) is 46.4 Å². The Morgan fingerprint density at radius 1 is 0.500 bits per heavy atom. The zero-order valence-electron chi connectivity index (χ0n) is 28.7. The van der Waals surface area contributed by atoms with Crippen LogP contribution in [0, 0.1) is 5.92 Å². The molecule has 0 aromatic carbocycles. The fourth-order valence-electron chi connectivity index (χ4n) is 2.88. The van der Waals surface area contributed by atoms with Crippen LogP contribution >= 0.6 is 23.5 Å². The number of rotatable bonds is 26. The predicted molar refractivity (Wildman–Crippen MR) is 186 cm³/mol. The van der Waals surface area contributed by atoms with Crippen LogP contribution in [0.3, 0.4) is 0 Å². The molecule has 6 amide bonds. The summed E-state index contributed by atoms with van der Waals surface area (Å²) in [5.41, 5.74) is 0. The molecule has 23 heteroatoms. The van der Waals surface area contributed by atoms with Gasteiger partial charge in [0.15, 0.2) is 0 Å². The Balaban J connectivity index is 3.65. The summed E-state index contributed by atoms with van der Waals surface area (Å²) in [5.74, 6) is -0.570. The molecule has 1 unspecified atom stereocenters. The highest BCUT2D eigenvalue weighted by Gasteiger charge is 2.10. The smallest absolute Gasteiger partial charge is 0.408 e. The second kappa shape index (κ2) is 32.0. The number of carbonyl (C=O) groups is 8. The van der Waals surface area contributed by atoms with Gasteiger partial charge in [-0.05, 0) is 18.8 Å². The van der Waals surface area contributed by atoms with Crippen molar-refractivity contribution in [1.29, 1.82) is 0 Å². The van der Waals surface area contributed by atoms with E-state index in [2.05, 4.69) is 54.5 Å². The third-order valence-corrected chi connectivity index (χ3v) is 7.02. The summed E-state index contributed by atoms with van der Waals surface area (Å²) < 4.78 is 34.2. The monoisotopic (exact) mass is 782 g/mol. The number of thioether (sulfide) groups is 2. The first kappa shape index (κ1) is 47.1. The van der Waals surface area contributed by atoms with E-state index in [1.807, 2.05) is 6.92 Å². The molecule has 0 aliphatic heterocycles. The lowest BCUT2D eigenvalue weighted by atomic mass is 10.1. The van der Waals surface area contributed by atoms with E-state index in [-0.39, 0.29) is 78.8 Å². The number of ether oxygens (including phenoxy) is 7. The Morgan fingerprint density at radius 2 is 0.827 bits per heavy atom. The Labute approximate surface area is 308 Å². The van der Waals surface area contributed by atoms with Gasteiger partial charge in [0, 0.05) is 23.7 Å². The van der Waals surface area contributed by atoms with Gasteiger partial charge in [-0.2, -0.15) is 0 Å². The molecule has 0 bridgehead atoms. The molecular formula is C29H46N6O15S2. The number of hydrogen-bond donors (Lipinski definition) is 6. The molecule has 0 saturated carbocycles. The lowest BCUT2D eigenvalue weighted by Crippen LogP contribution is -2.38. The van der Waals surface area contributed by atoms with Crippen molar-refractivity contribution in [1.82, 2.24) is 31.9 Å². The van der Waals surface area contributed by atoms with Gasteiger partial charge in [-0.15, -0.1) is 0 Å². The fourth-order valence-corrected chi connectivity index (χ4v) is 4.00. The van der Waals surface area contributed by atoms with Gasteiger partial charge in [-0.25, -0.2) is 28.8 Å². The first-order valence-electron chi connectivity index (χ1n) is 15.6. The van der Waals surface area contributed by atoms with E-state index in [0.29, 0.717) is 24.3 Å². The summed E-state index contributed by atoms with van der Waals surface area (Å²) in [6, 6.07) is 0. The van der Waals surface area contributed by atoms with Gasteiger partial charge in [-0.1, -0.05) is 43.6 Å². The summed E-state index contributed by atoms with van der Waals surface area (Å²) in [4.78, 5) is 91.8. The van der Waals surface area contributed by atoms with Gasteiger partial charge in [0.25, 0.3) is 10.5 Å². The Morgan fingerprint density at radius 3 is 1.19 bits per heavy atom. The number of nitrogens with one attached hydrogen (secondary N) is 6. The van der Waals surface area contributed by atoms with Crippen LogP contribution in [0.25, 0.3) is 0 Å². The van der Waals surface area contributed by atoms with Crippen LogP contribution in [-0.4, -0.2) is 131 Å². The molecule has 0 aliphatic carbocycles. The molecule has 1 atom stereocenters. The van der Waals surface area contributed by atoms with Gasteiger partial charge in [0.1, 0.15) is 26.4 Å². The molecule has 0 aromatic rings. The number of carbonyl (C=O) groups excluding carboxylic acids is 8. The van der Waals surface area contributed by atoms with Gasteiger partial charge >= 0.3 is 36.3 Å². The normalized spacial score (nSPS) is 10.6. The minimum Gasteiger partial charge on any atom is -0.459 e. The molecule has 0 aliphatic rings. The van der Waals surface area contributed by atoms with Crippen LogP contribution in [0.1, 0.15) is 19.8 Å². The first-order valence-corrected chi connectivity index (χ1v) is 17.5. The molecule has 0 radical (unpaired) electrons. The second-order valence-corrected chi connectivity index (χ2v) is 11.6. The SMILES string of the molecule is C=CC(=O)OCCOC(=O)NCNC(=O)OCCC(C)CCOC(=O)NCNC(=O)SCCOCCSC(=O)NCNC(=O)OCCOC(=O)C=C. The van der Waals surface area contributed by atoms with E-state index in [0.717, 1.165) is 35.7 Å². The fraction of sp³-hybridized carbons (Fsp3) is 0.586. The summed E-state index contributed by atoms with van der Waals surface area (Å²) in [5, 5.41) is 13.4. The van der Waals surface area contributed by atoms with Crippen molar-refractivity contribution in [3.05, 3.63) is 25.3 Å². The average molecular weight is 783 g/mol. The largest absolute Gasteiger partial charge is 0.459 e. The molecule has 0 spiro atoms. The summed E-state index contributed by atoms with van der Waals surface area (Å²) in [6.07, 6.45) is -0.171. The number of amides is 6. The highest BCUT2D eigenvalue weighted by atomic mass is 32.2. The Hall–Kier alpha value is -4.90. The number of alkyl carbamates (subject to hydrolysis) is 4. The van der Waals surface area contributed by atoms with E-state index in [1.165, 1.54) is 0 Å². The van der Waals surface area contributed by atoms with Gasteiger partial charge in [-0.3, -0.25) is 9.59 Å². The molecule has 0 fully saturated rings. The zero-order valence-corrected chi connectivity index (χ0v) is 30.3. The molecule has 294 valence electrons. The summed E-state index contributed by atoms with van der Waals surface area (Å²) in [6.45, 7) is 7.85. The van der Waals surface area contributed by atoms with Crippen LogP contribution in [0.5, 0.6) is 0 Å². The second-order valence-electron chi connectivity index (χ2n) is 9.44. The highest BCUT2D eigenvalue weighted by molar-refractivity contribution is 8.13.